The molecule has 1 saturated heterocycles. The third-order valence-electron chi connectivity index (χ3n) is 3.97. The molecule has 2 heterocycles. The molecule has 1 aromatic carbocycles. The quantitative estimate of drug-likeness (QED) is 0.879. The molecule has 0 radical (unpaired) electrons. The van der Waals surface area contributed by atoms with Gasteiger partial charge in [-0.2, -0.15) is 4.31 Å². The molecule has 1 fully saturated rings. The Balaban J connectivity index is 0.00000176. The number of hydrogen-bond acceptors (Lipinski definition) is 5. The van der Waals surface area contributed by atoms with Crippen LogP contribution in [0, 0.1) is 0 Å². The van der Waals surface area contributed by atoms with E-state index in [0.29, 0.717) is 18.6 Å². The zero-order valence-electron chi connectivity index (χ0n) is 12.1. The van der Waals surface area contributed by atoms with Crippen molar-refractivity contribution in [1.29, 1.82) is 0 Å². The fraction of sp³-hybridized carbons (Fsp3) is 0.462. The Kier molecular flexibility index (Phi) is 4.67. The van der Waals surface area contributed by atoms with Crippen LogP contribution in [-0.4, -0.2) is 36.4 Å². The van der Waals surface area contributed by atoms with Crippen molar-refractivity contribution in [1.82, 2.24) is 8.87 Å². The van der Waals surface area contributed by atoms with Crippen molar-refractivity contribution in [2.75, 3.05) is 13.1 Å². The fourth-order valence-electron chi connectivity index (χ4n) is 2.77. The molecule has 0 bridgehead atoms. The van der Waals surface area contributed by atoms with Gasteiger partial charge in [-0.1, -0.05) is 0 Å². The van der Waals surface area contributed by atoms with Crippen LogP contribution in [-0.2, 0) is 17.1 Å². The van der Waals surface area contributed by atoms with Crippen LogP contribution < -0.4 is 11.5 Å². The van der Waals surface area contributed by atoms with Crippen LogP contribution in [0.25, 0.3) is 11.1 Å². The summed E-state index contributed by atoms with van der Waals surface area (Å²) in [6.45, 7) is 0.781. The lowest BCUT2D eigenvalue weighted by Crippen LogP contribution is -2.39. The second kappa shape index (κ2) is 6.04. The lowest BCUT2D eigenvalue weighted by molar-refractivity contribution is 0.393. The number of oxazole rings is 1. The maximum absolute atomic E-state index is 12.7. The van der Waals surface area contributed by atoms with Crippen molar-refractivity contribution in [2.45, 2.75) is 23.8 Å². The summed E-state index contributed by atoms with van der Waals surface area (Å²) in [5.41, 5.74) is 6.48. The molecule has 0 saturated carbocycles. The normalized spacial score (nSPS) is 19.5. The van der Waals surface area contributed by atoms with Gasteiger partial charge in [0.15, 0.2) is 5.58 Å². The maximum atomic E-state index is 12.7. The largest absolute Gasteiger partial charge is 0.419 e. The number of aromatic nitrogens is 1. The van der Waals surface area contributed by atoms with Crippen molar-refractivity contribution in [2.24, 2.45) is 12.8 Å². The predicted molar refractivity (Wildman–Crippen MR) is 84.7 cm³/mol. The van der Waals surface area contributed by atoms with Crippen LogP contribution in [0.3, 0.4) is 0 Å². The van der Waals surface area contributed by atoms with E-state index in [9.17, 15) is 13.2 Å². The van der Waals surface area contributed by atoms with Gasteiger partial charge in [-0.15, -0.1) is 12.4 Å². The van der Waals surface area contributed by atoms with Crippen LogP contribution in [0.5, 0.6) is 0 Å². The molecule has 122 valence electrons. The van der Waals surface area contributed by atoms with Gasteiger partial charge < -0.3 is 10.2 Å². The van der Waals surface area contributed by atoms with E-state index >= 15 is 0 Å². The van der Waals surface area contributed by atoms with Crippen LogP contribution in [0.4, 0.5) is 0 Å². The van der Waals surface area contributed by atoms with Gasteiger partial charge in [0, 0.05) is 32.2 Å². The van der Waals surface area contributed by atoms with E-state index in [0.717, 1.165) is 12.8 Å². The summed E-state index contributed by atoms with van der Waals surface area (Å²) in [6.07, 6.45) is 1.59. The summed E-state index contributed by atoms with van der Waals surface area (Å²) in [5, 5.41) is 0. The average Bonchev–Trinajstić information content (AvgIpc) is 3.04. The number of nitrogens with zero attached hydrogens (tertiary/aromatic N) is 2. The Morgan fingerprint density at radius 1 is 1.41 bits per heavy atom. The third kappa shape index (κ3) is 2.56. The first-order valence-corrected chi connectivity index (χ1v) is 8.20. The molecule has 1 aromatic heterocycles. The Morgan fingerprint density at radius 2 is 2.14 bits per heavy atom. The first-order chi connectivity index (χ1) is 9.95. The zero-order valence-corrected chi connectivity index (χ0v) is 13.7. The topological polar surface area (TPSA) is 98.5 Å². The summed E-state index contributed by atoms with van der Waals surface area (Å²) in [5.74, 6) is -0.513. The lowest BCUT2D eigenvalue weighted by Gasteiger charge is -2.22. The van der Waals surface area contributed by atoms with Gasteiger partial charge in [0.1, 0.15) is 0 Å². The minimum absolute atomic E-state index is 0. The number of benzene rings is 1. The molecule has 22 heavy (non-hydrogen) atoms. The van der Waals surface area contributed by atoms with Gasteiger partial charge in [0.2, 0.25) is 10.0 Å². The number of hydrogen-bond donors (Lipinski definition) is 1. The molecule has 1 aliphatic rings. The summed E-state index contributed by atoms with van der Waals surface area (Å²) in [4.78, 5) is 11.6. The van der Waals surface area contributed by atoms with Gasteiger partial charge in [0.05, 0.1) is 10.4 Å². The molecule has 7 nitrogen and oxygen atoms in total. The third-order valence-corrected chi connectivity index (χ3v) is 5.91. The number of nitrogens with two attached hydrogens (primary N) is 1. The Morgan fingerprint density at radius 3 is 2.82 bits per heavy atom. The molecule has 0 amide bonds. The second-order valence-corrected chi connectivity index (χ2v) is 7.09. The Hall–Kier alpha value is -1.35. The molecular formula is C13H18ClN3O4S. The summed E-state index contributed by atoms with van der Waals surface area (Å²) >= 11 is 0. The van der Waals surface area contributed by atoms with Crippen molar-refractivity contribution in [3.63, 3.8) is 0 Å². The van der Waals surface area contributed by atoms with E-state index in [-0.39, 0.29) is 28.9 Å². The van der Waals surface area contributed by atoms with Crippen molar-refractivity contribution in [3.05, 3.63) is 28.7 Å². The molecule has 2 N–H and O–H groups in total. The maximum Gasteiger partial charge on any atom is 0.419 e. The molecule has 9 heteroatoms. The standard InChI is InChI=1S/C13H17N3O4S.ClH/c1-15-11-5-4-10(7-12(11)20-13(15)17)21(18,19)16-6-2-3-9(16)8-14;/h4-5,7,9H,2-3,6,8,14H2,1H3;1H. The predicted octanol–water partition coefficient (Wildman–Crippen LogP) is 0.665. The molecule has 0 aliphatic carbocycles. The number of halogens is 1. The van der Waals surface area contributed by atoms with Gasteiger partial charge >= 0.3 is 5.76 Å². The van der Waals surface area contributed by atoms with Gasteiger partial charge in [-0.3, -0.25) is 4.57 Å². The highest BCUT2D eigenvalue weighted by Crippen LogP contribution is 2.27. The minimum atomic E-state index is -3.61. The highest BCUT2D eigenvalue weighted by Gasteiger charge is 2.34. The van der Waals surface area contributed by atoms with Gasteiger partial charge in [0.25, 0.3) is 0 Å². The molecule has 0 spiro atoms. The van der Waals surface area contributed by atoms with Gasteiger partial charge in [-0.25, -0.2) is 13.2 Å². The van der Waals surface area contributed by atoms with E-state index in [2.05, 4.69) is 0 Å². The Bertz CT molecular complexity index is 843. The van der Waals surface area contributed by atoms with E-state index < -0.39 is 15.8 Å². The molecule has 1 unspecified atom stereocenters. The molecule has 3 rings (SSSR count). The first kappa shape index (κ1) is 17.0. The SMILES string of the molecule is Cl.Cn1c(=O)oc2cc(S(=O)(=O)N3CCCC3CN)ccc21. The molecule has 1 aliphatic heterocycles. The highest BCUT2D eigenvalue weighted by molar-refractivity contribution is 7.89. The van der Waals surface area contributed by atoms with E-state index in [4.69, 9.17) is 10.2 Å². The smallest absolute Gasteiger partial charge is 0.408 e. The number of fused-ring (bicyclic) bond motifs is 1. The van der Waals surface area contributed by atoms with E-state index in [1.807, 2.05) is 0 Å². The van der Waals surface area contributed by atoms with Crippen LogP contribution in [0.15, 0.2) is 32.3 Å². The van der Waals surface area contributed by atoms with E-state index in [1.54, 1.807) is 13.1 Å². The van der Waals surface area contributed by atoms with Crippen molar-refractivity contribution in [3.8, 4) is 0 Å². The van der Waals surface area contributed by atoms with Gasteiger partial charge in [-0.05, 0) is 25.0 Å². The van der Waals surface area contributed by atoms with Crippen LogP contribution >= 0.6 is 12.4 Å². The number of sulfonamides is 1. The number of rotatable bonds is 3. The number of aryl methyl sites for hydroxylation is 1. The first-order valence-electron chi connectivity index (χ1n) is 6.76. The van der Waals surface area contributed by atoms with Crippen LogP contribution in [0.1, 0.15) is 12.8 Å². The Labute approximate surface area is 134 Å². The van der Waals surface area contributed by atoms with E-state index in [1.165, 1.54) is 21.0 Å². The van der Waals surface area contributed by atoms with Crippen LogP contribution in [0.2, 0.25) is 0 Å². The fourth-order valence-corrected chi connectivity index (χ4v) is 4.49. The second-order valence-electron chi connectivity index (χ2n) is 5.20. The molecule has 2 aromatic rings. The highest BCUT2D eigenvalue weighted by atomic mass is 35.5. The average molecular weight is 348 g/mol. The summed E-state index contributed by atoms with van der Waals surface area (Å²) < 4.78 is 33.2. The zero-order chi connectivity index (χ0) is 15.2. The molecule has 1 atom stereocenters. The molecular weight excluding hydrogens is 330 g/mol. The van der Waals surface area contributed by atoms with Crippen molar-refractivity contribution >= 4 is 33.5 Å². The summed E-state index contributed by atoms with van der Waals surface area (Å²) in [6, 6.07) is 4.32. The lowest BCUT2D eigenvalue weighted by atomic mass is 10.2. The van der Waals surface area contributed by atoms with Crippen molar-refractivity contribution < 1.29 is 12.8 Å². The monoisotopic (exact) mass is 347 g/mol. The summed E-state index contributed by atoms with van der Waals surface area (Å²) in [7, 11) is -2.04. The minimum Gasteiger partial charge on any atom is -0.408 e.